The second-order valence-corrected chi connectivity index (χ2v) is 4.31. The highest BCUT2D eigenvalue weighted by Crippen LogP contribution is 2.28. The van der Waals surface area contributed by atoms with Gasteiger partial charge in [-0.15, -0.1) is 0 Å². The van der Waals surface area contributed by atoms with Crippen LogP contribution >= 0.6 is 0 Å². The van der Waals surface area contributed by atoms with Crippen molar-refractivity contribution in [1.82, 2.24) is 0 Å². The average Bonchev–Trinajstić information content (AvgIpc) is 2.77. The standard InChI is InChI=1S/C13H18O2/c1-2-12-11(8-9-15-12)13(14)10-6-4-3-5-7-10/h8-10H,2-7H2,1H3. The minimum Gasteiger partial charge on any atom is -0.469 e. The molecule has 0 saturated heterocycles. The highest BCUT2D eigenvalue weighted by atomic mass is 16.3. The Kier molecular flexibility index (Phi) is 3.24. The van der Waals surface area contributed by atoms with Crippen molar-refractivity contribution in [2.45, 2.75) is 45.4 Å². The second kappa shape index (κ2) is 4.65. The summed E-state index contributed by atoms with van der Waals surface area (Å²) in [6.07, 6.45) is 8.26. The first-order chi connectivity index (χ1) is 7.33. The van der Waals surface area contributed by atoms with Crippen molar-refractivity contribution < 1.29 is 9.21 Å². The number of hydrogen-bond acceptors (Lipinski definition) is 2. The van der Waals surface area contributed by atoms with E-state index in [1.807, 2.05) is 13.0 Å². The molecule has 0 spiro atoms. The zero-order valence-electron chi connectivity index (χ0n) is 9.29. The first-order valence-electron chi connectivity index (χ1n) is 5.93. The quantitative estimate of drug-likeness (QED) is 0.707. The monoisotopic (exact) mass is 206 g/mol. The summed E-state index contributed by atoms with van der Waals surface area (Å²) in [5, 5.41) is 0. The van der Waals surface area contributed by atoms with Gasteiger partial charge in [-0.05, 0) is 18.9 Å². The van der Waals surface area contributed by atoms with E-state index in [2.05, 4.69) is 0 Å². The normalized spacial score (nSPS) is 17.9. The lowest BCUT2D eigenvalue weighted by Gasteiger charge is -2.19. The van der Waals surface area contributed by atoms with Crippen molar-refractivity contribution in [3.8, 4) is 0 Å². The number of hydrogen-bond donors (Lipinski definition) is 0. The molecule has 2 nitrogen and oxygen atoms in total. The maximum absolute atomic E-state index is 12.2. The first-order valence-corrected chi connectivity index (χ1v) is 5.93. The fourth-order valence-electron chi connectivity index (χ4n) is 2.42. The zero-order valence-corrected chi connectivity index (χ0v) is 9.29. The molecule has 2 rings (SSSR count). The number of carbonyl (C=O) groups excluding carboxylic acids is 1. The third kappa shape index (κ3) is 2.14. The molecule has 1 saturated carbocycles. The molecule has 1 aromatic rings. The predicted octanol–water partition coefficient (Wildman–Crippen LogP) is 3.61. The van der Waals surface area contributed by atoms with Crippen molar-refractivity contribution in [2.24, 2.45) is 5.92 Å². The zero-order chi connectivity index (χ0) is 10.7. The van der Waals surface area contributed by atoms with Crippen LogP contribution in [0, 0.1) is 5.92 Å². The molecular formula is C13H18O2. The second-order valence-electron chi connectivity index (χ2n) is 4.31. The minimum atomic E-state index is 0.252. The van der Waals surface area contributed by atoms with E-state index in [1.54, 1.807) is 6.26 Å². The Balaban J connectivity index is 2.12. The van der Waals surface area contributed by atoms with Crippen LogP contribution in [-0.2, 0) is 6.42 Å². The van der Waals surface area contributed by atoms with Crippen molar-refractivity contribution >= 4 is 5.78 Å². The summed E-state index contributed by atoms with van der Waals surface area (Å²) in [6, 6.07) is 1.83. The van der Waals surface area contributed by atoms with Gasteiger partial charge >= 0.3 is 0 Å². The van der Waals surface area contributed by atoms with Crippen molar-refractivity contribution in [3.63, 3.8) is 0 Å². The first kappa shape index (κ1) is 10.5. The van der Waals surface area contributed by atoms with Crippen LogP contribution in [0.2, 0.25) is 0 Å². The van der Waals surface area contributed by atoms with Gasteiger partial charge in [-0.25, -0.2) is 0 Å². The van der Waals surface area contributed by atoms with Crippen LogP contribution < -0.4 is 0 Å². The Morgan fingerprint density at radius 2 is 2.13 bits per heavy atom. The molecule has 0 radical (unpaired) electrons. The van der Waals surface area contributed by atoms with Crippen LogP contribution in [0.1, 0.15) is 55.1 Å². The Morgan fingerprint density at radius 3 is 2.80 bits per heavy atom. The molecule has 0 atom stereocenters. The van der Waals surface area contributed by atoms with Crippen LogP contribution in [0.3, 0.4) is 0 Å². The average molecular weight is 206 g/mol. The molecule has 82 valence electrons. The van der Waals surface area contributed by atoms with Crippen molar-refractivity contribution in [1.29, 1.82) is 0 Å². The van der Waals surface area contributed by atoms with E-state index in [1.165, 1.54) is 19.3 Å². The van der Waals surface area contributed by atoms with Gasteiger partial charge in [-0.2, -0.15) is 0 Å². The van der Waals surface area contributed by atoms with Gasteiger partial charge in [-0.3, -0.25) is 4.79 Å². The lowest BCUT2D eigenvalue weighted by atomic mass is 9.84. The molecule has 1 fully saturated rings. The van der Waals surface area contributed by atoms with E-state index in [4.69, 9.17) is 4.42 Å². The number of rotatable bonds is 3. The summed E-state index contributed by atoms with van der Waals surface area (Å²) in [5.74, 6) is 1.41. The highest BCUT2D eigenvalue weighted by molar-refractivity contribution is 5.98. The van der Waals surface area contributed by atoms with Crippen LogP contribution in [0.5, 0.6) is 0 Å². The Bertz CT molecular complexity index is 332. The molecule has 1 aromatic heterocycles. The van der Waals surface area contributed by atoms with Gasteiger partial charge in [0.1, 0.15) is 5.76 Å². The van der Waals surface area contributed by atoms with Gasteiger partial charge in [-0.1, -0.05) is 26.2 Å². The van der Waals surface area contributed by atoms with Gasteiger partial charge in [0.25, 0.3) is 0 Å². The van der Waals surface area contributed by atoms with Crippen LogP contribution in [0.4, 0.5) is 0 Å². The lowest BCUT2D eigenvalue weighted by Crippen LogP contribution is -2.18. The molecule has 2 heteroatoms. The fourth-order valence-corrected chi connectivity index (χ4v) is 2.42. The number of furan rings is 1. The molecule has 0 aromatic carbocycles. The maximum atomic E-state index is 12.2. The largest absolute Gasteiger partial charge is 0.469 e. The lowest BCUT2D eigenvalue weighted by molar-refractivity contribution is 0.0887. The number of carbonyl (C=O) groups is 1. The van der Waals surface area contributed by atoms with E-state index >= 15 is 0 Å². The van der Waals surface area contributed by atoms with Gasteiger partial charge < -0.3 is 4.42 Å². The third-order valence-electron chi connectivity index (χ3n) is 3.31. The summed E-state index contributed by atoms with van der Waals surface area (Å²) in [6.45, 7) is 2.02. The van der Waals surface area contributed by atoms with Gasteiger partial charge in [0.05, 0.1) is 11.8 Å². The van der Waals surface area contributed by atoms with E-state index in [0.717, 1.165) is 30.6 Å². The van der Waals surface area contributed by atoms with Crippen molar-refractivity contribution in [3.05, 3.63) is 23.7 Å². The summed E-state index contributed by atoms with van der Waals surface area (Å²) in [5.41, 5.74) is 0.824. The predicted molar refractivity (Wildman–Crippen MR) is 59.0 cm³/mol. The topological polar surface area (TPSA) is 30.2 Å². The van der Waals surface area contributed by atoms with Crippen LogP contribution in [0.25, 0.3) is 0 Å². The molecule has 0 unspecified atom stereocenters. The van der Waals surface area contributed by atoms with Gasteiger partial charge in [0, 0.05) is 12.3 Å². The Morgan fingerprint density at radius 1 is 1.40 bits per heavy atom. The van der Waals surface area contributed by atoms with Gasteiger partial charge in [0.15, 0.2) is 5.78 Å². The Hall–Kier alpha value is -1.05. The SMILES string of the molecule is CCc1occc1C(=O)C1CCCCC1. The third-order valence-corrected chi connectivity index (χ3v) is 3.31. The highest BCUT2D eigenvalue weighted by Gasteiger charge is 2.24. The van der Waals surface area contributed by atoms with Crippen LogP contribution in [0.15, 0.2) is 16.7 Å². The van der Waals surface area contributed by atoms with Gasteiger partial charge in [0.2, 0.25) is 0 Å². The fraction of sp³-hybridized carbons (Fsp3) is 0.615. The summed E-state index contributed by atoms with van der Waals surface area (Å²) in [7, 11) is 0. The molecular weight excluding hydrogens is 188 g/mol. The molecule has 1 aliphatic rings. The minimum absolute atomic E-state index is 0.252. The maximum Gasteiger partial charge on any atom is 0.169 e. The van der Waals surface area contributed by atoms with Crippen LogP contribution in [-0.4, -0.2) is 5.78 Å². The molecule has 1 heterocycles. The summed E-state index contributed by atoms with van der Waals surface area (Å²) >= 11 is 0. The van der Waals surface area contributed by atoms with Crippen molar-refractivity contribution in [2.75, 3.05) is 0 Å². The summed E-state index contributed by atoms with van der Waals surface area (Å²) in [4.78, 5) is 12.2. The summed E-state index contributed by atoms with van der Waals surface area (Å²) < 4.78 is 5.30. The molecule has 0 N–H and O–H groups in total. The van der Waals surface area contributed by atoms with E-state index in [9.17, 15) is 4.79 Å². The van der Waals surface area contributed by atoms with E-state index in [-0.39, 0.29) is 5.92 Å². The molecule has 0 bridgehead atoms. The van der Waals surface area contributed by atoms with E-state index < -0.39 is 0 Å². The van der Waals surface area contributed by atoms with E-state index in [0.29, 0.717) is 5.78 Å². The molecule has 1 aliphatic carbocycles. The Labute approximate surface area is 90.7 Å². The number of Topliss-reactive ketones (excluding diaryl/α,β-unsaturated/α-hetero) is 1. The molecule has 15 heavy (non-hydrogen) atoms. The number of ketones is 1. The number of aryl methyl sites for hydroxylation is 1. The molecule has 0 amide bonds. The smallest absolute Gasteiger partial charge is 0.169 e. The molecule has 0 aliphatic heterocycles.